The predicted octanol–water partition coefficient (Wildman–Crippen LogP) is 4.45. The lowest BCUT2D eigenvalue weighted by atomic mass is 10.1. The van der Waals surface area contributed by atoms with Crippen molar-refractivity contribution in [3.8, 4) is 16.9 Å². The van der Waals surface area contributed by atoms with Crippen LogP contribution in [0.2, 0.25) is 0 Å². The molecule has 2 aromatic carbocycles. The maximum atomic E-state index is 4.30. The second kappa shape index (κ2) is 5.41. The molecule has 3 heteroatoms. The van der Waals surface area contributed by atoms with Crippen LogP contribution >= 0.6 is 0 Å². The van der Waals surface area contributed by atoms with Gasteiger partial charge in [-0.3, -0.25) is 0 Å². The van der Waals surface area contributed by atoms with E-state index in [4.69, 9.17) is 0 Å². The number of nitrogens with zero attached hydrogens (tertiary/aromatic N) is 3. The largest absolute Gasteiger partial charge is 0.220 e. The molecule has 110 valence electrons. The molecular weight excluding hydrogens is 270 g/mol. The van der Waals surface area contributed by atoms with E-state index >= 15 is 0 Å². The van der Waals surface area contributed by atoms with Crippen molar-refractivity contribution in [3.63, 3.8) is 0 Å². The Morgan fingerprint density at radius 2 is 1.95 bits per heavy atom. The molecule has 1 heterocycles. The molecule has 3 aromatic rings. The monoisotopic (exact) mass is 289 g/mol. The molecule has 1 aromatic heterocycles. The van der Waals surface area contributed by atoms with Gasteiger partial charge in [-0.15, -0.1) is 5.10 Å². The van der Waals surface area contributed by atoms with Crippen LogP contribution < -0.4 is 0 Å². The third kappa shape index (κ3) is 2.43. The summed E-state index contributed by atoms with van der Waals surface area (Å²) >= 11 is 0. The van der Waals surface area contributed by atoms with Gasteiger partial charge in [-0.25, -0.2) is 4.68 Å². The van der Waals surface area contributed by atoms with E-state index in [1.165, 1.54) is 18.4 Å². The molecule has 1 saturated carbocycles. The summed E-state index contributed by atoms with van der Waals surface area (Å²) in [6.07, 6.45) is 4.60. The molecule has 22 heavy (non-hydrogen) atoms. The van der Waals surface area contributed by atoms with Gasteiger partial charge in [-0.2, -0.15) is 0 Å². The topological polar surface area (TPSA) is 30.7 Å². The molecule has 0 spiro atoms. The minimum atomic E-state index is 0.738. The Kier molecular flexibility index (Phi) is 3.26. The van der Waals surface area contributed by atoms with Crippen molar-refractivity contribution in [1.82, 2.24) is 15.0 Å². The standard InChI is InChI=1S/C19H19N3/c1-2-14-12-18(14)16-9-6-10-17(11-16)22-13-19(20-21-22)15-7-4-3-5-8-15/h3-11,13-14,18H,2,12H2,1H3/t14-,18-/m1/s1. The maximum Gasteiger partial charge on any atom is 0.113 e. The van der Waals surface area contributed by atoms with Gasteiger partial charge in [-0.05, 0) is 36.0 Å². The summed E-state index contributed by atoms with van der Waals surface area (Å²) < 4.78 is 1.87. The van der Waals surface area contributed by atoms with Crippen molar-refractivity contribution in [1.29, 1.82) is 0 Å². The van der Waals surface area contributed by atoms with Gasteiger partial charge < -0.3 is 0 Å². The van der Waals surface area contributed by atoms with E-state index in [2.05, 4.69) is 53.6 Å². The summed E-state index contributed by atoms with van der Waals surface area (Å²) in [6, 6.07) is 18.9. The molecule has 1 aliphatic carbocycles. The molecule has 0 saturated heterocycles. The van der Waals surface area contributed by atoms with Crippen LogP contribution in [0.1, 0.15) is 31.2 Å². The first-order valence-electron chi connectivity index (χ1n) is 7.93. The Morgan fingerprint density at radius 1 is 1.09 bits per heavy atom. The zero-order valence-electron chi connectivity index (χ0n) is 12.7. The van der Waals surface area contributed by atoms with E-state index in [0.29, 0.717) is 0 Å². The Labute approximate surface area is 130 Å². The van der Waals surface area contributed by atoms with Crippen LogP contribution in [0, 0.1) is 5.92 Å². The molecule has 4 rings (SSSR count). The molecule has 0 unspecified atom stereocenters. The average Bonchev–Trinajstić information content (AvgIpc) is 3.22. The van der Waals surface area contributed by atoms with Crippen LogP contribution in [-0.4, -0.2) is 15.0 Å². The third-order valence-corrected chi connectivity index (χ3v) is 4.57. The van der Waals surface area contributed by atoms with E-state index < -0.39 is 0 Å². The second-order valence-corrected chi connectivity index (χ2v) is 6.02. The van der Waals surface area contributed by atoms with Crippen molar-refractivity contribution < 1.29 is 0 Å². The zero-order valence-corrected chi connectivity index (χ0v) is 12.7. The smallest absolute Gasteiger partial charge is 0.113 e. The fourth-order valence-corrected chi connectivity index (χ4v) is 3.14. The van der Waals surface area contributed by atoms with Gasteiger partial charge in [0.15, 0.2) is 0 Å². The molecule has 1 fully saturated rings. The number of rotatable bonds is 4. The van der Waals surface area contributed by atoms with Crippen molar-refractivity contribution in [3.05, 3.63) is 66.4 Å². The van der Waals surface area contributed by atoms with Gasteiger partial charge in [0.25, 0.3) is 0 Å². The number of benzene rings is 2. The first kappa shape index (κ1) is 13.3. The van der Waals surface area contributed by atoms with Crippen LogP contribution in [-0.2, 0) is 0 Å². The van der Waals surface area contributed by atoms with Gasteiger partial charge in [0.1, 0.15) is 5.69 Å². The highest BCUT2D eigenvalue weighted by atomic mass is 15.4. The zero-order chi connectivity index (χ0) is 14.9. The van der Waals surface area contributed by atoms with Gasteiger partial charge in [0.2, 0.25) is 0 Å². The Balaban J connectivity index is 1.63. The molecule has 0 radical (unpaired) electrons. The molecule has 0 amide bonds. The normalized spacial score (nSPS) is 20.0. The minimum absolute atomic E-state index is 0.738. The van der Waals surface area contributed by atoms with E-state index in [-0.39, 0.29) is 0 Å². The fraction of sp³-hybridized carbons (Fsp3) is 0.263. The fourth-order valence-electron chi connectivity index (χ4n) is 3.14. The summed E-state index contributed by atoms with van der Waals surface area (Å²) in [5, 5.41) is 8.59. The van der Waals surface area contributed by atoms with Crippen LogP contribution in [0.3, 0.4) is 0 Å². The summed E-state index contributed by atoms with van der Waals surface area (Å²) in [5.41, 5.74) is 4.53. The molecule has 0 bridgehead atoms. The Bertz CT molecular complexity index is 776. The van der Waals surface area contributed by atoms with E-state index in [1.807, 2.05) is 29.1 Å². The molecular formula is C19H19N3. The van der Waals surface area contributed by atoms with Crippen LogP contribution in [0.5, 0.6) is 0 Å². The number of aromatic nitrogens is 3. The summed E-state index contributed by atoms with van der Waals surface area (Å²) in [4.78, 5) is 0. The van der Waals surface area contributed by atoms with Gasteiger partial charge in [0, 0.05) is 5.56 Å². The lowest BCUT2D eigenvalue weighted by Gasteiger charge is -2.04. The molecule has 2 atom stereocenters. The summed E-state index contributed by atoms with van der Waals surface area (Å²) in [5.74, 6) is 1.60. The van der Waals surface area contributed by atoms with Crippen molar-refractivity contribution in [2.75, 3.05) is 0 Å². The third-order valence-electron chi connectivity index (χ3n) is 4.57. The van der Waals surface area contributed by atoms with Gasteiger partial charge in [0.05, 0.1) is 11.9 Å². The number of hydrogen-bond acceptors (Lipinski definition) is 2. The molecule has 0 aliphatic heterocycles. The minimum Gasteiger partial charge on any atom is -0.220 e. The van der Waals surface area contributed by atoms with Crippen LogP contribution in [0.4, 0.5) is 0 Å². The summed E-state index contributed by atoms with van der Waals surface area (Å²) in [7, 11) is 0. The first-order valence-corrected chi connectivity index (χ1v) is 7.93. The Hall–Kier alpha value is -2.42. The predicted molar refractivity (Wildman–Crippen MR) is 87.9 cm³/mol. The summed E-state index contributed by atoms with van der Waals surface area (Å²) in [6.45, 7) is 2.28. The van der Waals surface area contributed by atoms with E-state index in [1.54, 1.807) is 0 Å². The number of hydrogen-bond donors (Lipinski definition) is 0. The quantitative estimate of drug-likeness (QED) is 0.710. The lowest BCUT2D eigenvalue weighted by Crippen LogP contribution is -1.96. The molecule has 3 nitrogen and oxygen atoms in total. The van der Waals surface area contributed by atoms with Crippen molar-refractivity contribution >= 4 is 0 Å². The van der Waals surface area contributed by atoms with Gasteiger partial charge in [-0.1, -0.05) is 61.0 Å². The molecule has 0 N–H and O–H groups in total. The molecule has 1 aliphatic rings. The van der Waals surface area contributed by atoms with Crippen molar-refractivity contribution in [2.45, 2.75) is 25.7 Å². The second-order valence-electron chi connectivity index (χ2n) is 6.02. The average molecular weight is 289 g/mol. The lowest BCUT2D eigenvalue weighted by molar-refractivity contribution is 0.763. The van der Waals surface area contributed by atoms with Crippen LogP contribution in [0.15, 0.2) is 60.8 Å². The first-order chi connectivity index (χ1) is 10.8. The van der Waals surface area contributed by atoms with Crippen LogP contribution in [0.25, 0.3) is 16.9 Å². The highest BCUT2D eigenvalue weighted by Gasteiger charge is 2.36. The maximum absolute atomic E-state index is 4.30. The highest BCUT2D eigenvalue weighted by molar-refractivity contribution is 5.57. The highest BCUT2D eigenvalue weighted by Crippen LogP contribution is 2.49. The Morgan fingerprint density at radius 3 is 2.73 bits per heavy atom. The van der Waals surface area contributed by atoms with Gasteiger partial charge >= 0.3 is 0 Å². The van der Waals surface area contributed by atoms with E-state index in [9.17, 15) is 0 Å². The van der Waals surface area contributed by atoms with E-state index in [0.717, 1.165) is 28.8 Å². The van der Waals surface area contributed by atoms with Crippen molar-refractivity contribution in [2.24, 2.45) is 5.92 Å². The SMILES string of the molecule is CC[C@@H]1C[C@H]1c1cccc(-n2cc(-c3ccccc3)nn2)c1.